The fourth-order valence-electron chi connectivity index (χ4n) is 3.06. The van der Waals surface area contributed by atoms with E-state index in [-0.39, 0.29) is 22.8 Å². The van der Waals surface area contributed by atoms with Crippen LogP contribution in [0.25, 0.3) is 11.8 Å². The van der Waals surface area contributed by atoms with Crippen LogP contribution < -0.4 is 10.6 Å². The Balaban J connectivity index is 1.71. The van der Waals surface area contributed by atoms with E-state index in [1.165, 1.54) is 12.1 Å². The van der Waals surface area contributed by atoms with Crippen molar-refractivity contribution in [2.24, 2.45) is 5.41 Å². The lowest BCUT2D eigenvalue weighted by Crippen LogP contribution is -2.49. The van der Waals surface area contributed by atoms with Crippen molar-refractivity contribution in [2.45, 2.75) is 39.7 Å². The third kappa shape index (κ3) is 4.12. The van der Waals surface area contributed by atoms with Crippen LogP contribution in [-0.2, 0) is 6.42 Å². The lowest BCUT2D eigenvalue weighted by atomic mass is 9.80. The minimum Gasteiger partial charge on any atom is -0.337 e. The maximum absolute atomic E-state index is 13.1. The molecule has 2 aromatic rings. The maximum atomic E-state index is 13.1. The summed E-state index contributed by atoms with van der Waals surface area (Å²) >= 11 is 0. The number of amides is 2. The monoisotopic (exact) mass is 356 g/mol. The van der Waals surface area contributed by atoms with Crippen LogP contribution in [0.1, 0.15) is 39.0 Å². The highest BCUT2D eigenvalue weighted by Gasteiger charge is 2.29. The number of urea groups is 1. The minimum absolute atomic E-state index is 0.167. The van der Waals surface area contributed by atoms with Crippen molar-refractivity contribution >= 4 is 12.1 Å². The van der Waals surface area contributed by atoms with Crippen LogP contribution in [0.3, 0.4) is 0 Å². The number of carbonyl (C=O) groups is 1. The van der Waals surface area contributed by atoms with Gasteiger partial charge in [0, 0.05) is 17.5 Å². The smallest absolute Gasteiger partial charge is 0.315 e. The summed E-state index contributed by atoms with van der Waals surface area (Å²) in [5, 5.41) is 10.3. The molecule has 0 fully saturated rings. The van der Waals surface area contributed by atoms with Crippen molar-refractivity contribution in [3.8, 4) is 5.69 Å². The number of nitrogens with zero attached hydrogens (tertiary/aromatic N) is 2. The predicted molar refractivity (Wildman–Crippen MR) is 101 cm³/mol. The molecule has 1 aromatic carbocycles. The molecule has 1 aromatic heterocycles. The van der Waals surface area contributed by atoms with Crippen LogP contribution in [-0.4, -0.2) is 27.9 Å². The van der Waals surface area contributed by atoms with Gasteiger partial charge in [-0.05, 0) is 63.1 Å². The lowest BCUT2D eigenvalue weighted by Gasteiger charge is -2.30. The van der Waals surface area contributed by atoms with Crippen LogP contribution >= 0.6 is 0 Å². The van der Waals surface area contributed by atoms with Gasteiger partial charge in [0.2, 0.25) is 0 Å². The number of carbonyl (C=O) groups excluding carboxylic acids is 1. The first-order chi connectivity index (χ1) is 12.2. The maximum Gasteiger partial charge on any atom is 0.315 e. The number of rotatable bonds is 3. The summed E-state index contributed by atoms with van der Waals surface area (Å²) < 4.78 is 14.9. The van der Waals surface area contributed by atoms with Crippen molar-refractivity contribution in [1.82, 2.24) is 20.4 Å². The molecule has 1 aliphatic carbocycles. The van der Waals surface area contributed by atoms with Gasteiger partial charge in [-0.2, -0.15) is 5.10 Å². The summed E-state index contributed by atoms with van der Waals surface area (Å²) in [6.07, 6.45) is 6.75. The van der Waals surface area contributed by atoms with Crippen LogP contribution in [0.2, 0.25) is 0 Å². The topological polar surface area (TPSA) is 59.0 Å². The summed E-state index contributed by atoms with van der Waals surface area (Å²) in [6, 6.07) is 6.11. The molecule has 0 spiro atoms. The minimum atomic E-state index is -0.267. The van der Waals surface area contributed by atoms with Crippen molar-refractivity contribution < 1.29 is 9.18 Å². The Bertz CT molecular complexity index is 832. The van der Waals surface area contributed by atoms with Gasteiger partial charge in [-0.15, -0.1) is 0 Å². The molecule has 2 amide bonds. The van der Waals surface area contributed by atoms with E-state index in [1.807, 2.05) is 37.7 Å². The standard InChI is InChI=1S/C20H25FN4O/c1-19(2,3)24-18(26)22-13-20(4)10-9-17-14(11-20)12-23-25(17)16-7-5-15(21)6-8-16/h5-10,12H,11,13H2,1-4H3,(H2,22,24,26)/t20-/m1/s1. The molecule has 2 N–H and O–H groups in total. The fourth-order valence-corrected chi connectivity index (χ4v) is 3.06. The van der Waals surface area contributed by atoms with Gasteiger partial charge in [-0.25, -0.2) is 13.9 Å². The van der Waals surface area contributed by atoms with Crippen molar-refractivity contribution in [2.75, 3.05) is 6.54 Å². The average molecular weight is 356 g/mol. The van der Waals surface area contributed by atoms with Crippen molar-refractivity contribution in [3.05, 3.63) is 53.6 Å². The third-order valence-corrected chi connectivity index (χ3v) is 4.34. The molecule has 0 aliphatic heterocycles. The summed E-state index contributed by atoms with van der Waals surface area (Å²) in [6.45, 7) is 8.49. The molecule has 0 saturated heterocycles. The van der Waals surface area contributed by atoms with Gasteiger partial charge in [-0.1, -0.05) is 13.0 Å². The molecule has 26 heavy (non-hydrogen) atoms. The highest BCUT2D eigenvalue weighted by atomic mass is 19.1. The molecule has 1 aliphatic rings. The van der Waals surface area contributed by atoms with Crippen LogP contribution in [0, 0.1) is 11.2 Å². The normalized spacial score (nSPS) is 19.1. The molecule has 5 nitrogen and oxygen atoms in total. The van der Waals surface area contributed by atoms with E-state index >= 15 is 0 Å². The zero-order chi connectivity index (χ0) is 18.9. The fraction of sp³-hybridized carbons (Fsp3) is 0.400. The molecule has 138 valence electrons. The summed E-state index contributed by atoms with van der Waals surface area (Å²) in [4.78, 5) is 12.0. The molecule has 3 rings (SSSR count). The molecular weight excluding hydrogens is 331 g/mol. The van der Waals surface area contributed by atoms with E-state index in [0.717, 1.165) is 23.4 Å². The van der Waals surface area contributed by atoms with E-state index in [1.54, 1.807) is 12.1 Å². The molecule has 0 unspecified atom stereocenters. The zero-order valence-electron chi connectivity index (χ0n) is 15.6. The second-order valence-corrected chi connectivity index (χ2v) is 8.17. The van der Waals surface area contributed by atoms with E-state index in [0.29, 0.717) is 6.54 Å². The quantitative estimate of drug-likeness (QED) is 0.881. The van der Waals surface area contributed by atoms with Crippen LogP contribution in [0.4, 0.5) is 9.18 Å². The molecule has 1 heterocycles. The van der Waals surface area contributed by atoms with Gasteiger partial charge in [0.15, 0.2) is 0 Å². The number of hydrogen-bond acceptors (Lipinski definition) is 2. The van der Waals surface area contributed by atoms with Crippen LogP contribution in [0.5, 0.6) is 0 Å². The number of halogens is 1. The first-order valence-corrected chi connectivity index (χ1v) is 8.73. The number of aromatic nitrogens is 2. The number of nitrogens with one attached hydrogen (secondary N) is 2. The van der Waals surface area contributed by atoms with Gasteiger partial charge in [0.1, 0.15) is 5.82 Å². The molecule has 6 heteroatoms. The Morgan fingerprint density at radius 3 is 2.65 bits per heavy atom. The van der Waals surface area contributed by atoms with E-state index in [4.69, 9.17) is 0 Å². The Morgan fingerprint density at radius 1 is 1.31 bits per heavy atom. The second-order valence-electron chi connectivity index (χ2n) is 8.17. The number of fused-ring (bicyclic) bond motifs is 1. The third-order valence-electron chi connectivity index (χ3n) is 4.34. The van der Waals surface area contributed by atoms with Gasteiger partial charge in [0.25, 0.3) is 0 Å². The molecule has 0 radical (unpaired) electrons. The molecular formula is C20H25FN4O. The Morgan fingerprint density at radius 2 is 2.00 bits per heavy atom. The lowest BCUT2D eigenvalue weighted by molar-refractivity contribution is 0.227. The van der Waals surface area contributed by atoms with Crippen molar-refractivity contribution in [1.29, 1.82) is 0 Å². The Labute approximate surface area is 153 Å². The first kappa shape index (κ1) is 18.2. The van der Waals surface area contributed by atoms with E-state index in [9.17, 15) is 9.18 Å². The summed E-state index contributed by atoms with van der Waals surface area (Å²) in [7, 11) is 0. The number of hydrogen-bond donors (Lipinski definition) is 2. The SMILES string of the molecule is CC(C)(C)NC(=O)NC[C@]1(C)C=Cc2c(cnn2-c2ccc(F)cc2)C1. The largest absolute Gasteiger partial charge is 0.337 e. The van der Waals surface area contributed by atoms with Crippen LogP contribution in [0.15, 0.2) is 36.5 Å². The van der Waals surface area contributed by atoms with Gasteiger partial charge >= 0.3 is 6.03 Å². The molecule has 0 saturated carbocycles. The summed E-state index contributed by atoms with van der Waals surface area (Å²) in [5.74, 6) is -0.266. The molecule has 1 atom stereocenters. The molecule has 0 bridgehead atoms. The average Bonchev–Trinajstić information content (AvgIpc) is 2.95. The Hall–Kier alpha value is -2.63. The van der Waals surface area contributed by atoms with E-state index in [2.05, 4.69) is 28.7 Å². The number of benzene rings is 1. The second kappa shape index (κ2) is 6.59. The zero-order valence-corrected chi connectivity index (χ0v) is 15.6. The van der Waals surface area contributed by atoms with Gasteiger partial charge in [0.05, 0.1) is 17.6 Å². The summed E-state index contributed by atoms with van der Waals surface area (Å²) in [5.41, 5.74) is 2.48. The predicted octanol–water partition coefficient (Wildman–Crippen LogP) is 3.68. The van der Waals surface area contributed by atoms with Gasteiger partial charge in [-0.3, -0.25) is 0 Å². The first-order valence-electron chi connectivity index (χ1n) is 8.73. The highest BCUT2D eigenvalue weighted by Crippen LogP contribution is 2.32. The van der Waals surface area contributed by atoms with Gasteiger partial charge < -0.3 is 10.6 Å². The Kier molecular flexibility index (Phi) is 4.61. The van der Waals surface area contributed by atoms with E-state index < -0.39 is 0 Å². The van der Waals surface area contributed by atoms with Crippen molar-refractivity contribution in [3.63, 3.8) is 0 Å². The highest BCUT2D eigenvalue weighted by molar-refractivity contribution is 5.74.